The highest BCUT2D eigenvalue weighted by atomic mass is 16.3. The molecule has 0 aliphatic heterocycles. The molecule has 0 saturated heterocycles. The smallest absolute Gasteiger partial charge is 0.0636 e. The van der Waals surface area contributed by atoms with Crippen LogP contribution in [-0.4, -0.2) is 23.8 Å². The van der Waals surface area contributed by atoms with Crippen LogP contribution >= 0.6 is 0 Å². The van der Waals surface area contributed by atoms with E-state index in [0.717, 1.165) is 0 Å². The Hall–Kier alpha value is -0.0800. The fourth-order valence-electron chi connectivity index (χ4n) is 0.406. The van der Waals surface area contributed by atoms with E-state index in [1.165, 1.54) is 0 Å². The van der Waals surface area contributed by atoms with Crippen molar-refractivity contribution in [2.24, 2.45) is 0 Å². The quantitative estimate of drug-likeness (QED) is 0.559. The molecule has 2 N–H and O–H groups in total. The fraction of sp³-hybridized carbons (Fsp3) is 1.00. The molecule has 0 unspecified atom stereocenters. The van der Waals surface area contributed by atoms with E-state index in [2.05, 4.69) is 19.2 Å². The van der Waals surface area contributed by atoms with Crippen LogP contribution in [0.5, 0.6) is 0 Å². The Balaban J connectivity index is 2.93. The van der Waals surface area contributed by atoms with Crippen LogP contribution in [0, 0.1) is 0 Å². The number of nitrogens with one attached hydrogen (secondary N) is 1. The number of aliphatic hydroxyl groups excluding tert-OH is 1. The molecule has 0 radical (unpaired) electrons. The van der Waals surface area contributed by atoms with Crippen LogP contribution in [0.25, 0.3) is 0 Å². The van der Waals surface area contributed by atoms with Gasteiger partial charge in [-0.15, -0.1) is 0 Å². The van der Waals surface area contributed by atoms with E-state index in [1.807, 2.05) is 0 Å². The second-order valence-electron chi connectivity index (χ2n) is 2.41. The maximum atomic E-state index is 8.74. The monoisotopic (exact) mass is 117 g/mol. The summed E-state index contributed by atoms with van der Waals surface area (Å²) in [5.74, 6) is 0. The van der Waals surface area contributed by atoms with E-state index in [-0.39, 0.29) is 6.10 Å². The molecule has 2 nitrogen and oxygen atoms in total. The summed E-state index contributed by atoms with van der Waals surface area (Å²) in [5.41, 5.74) is 0. The molecule has 0 amide bonds. The van der Waals surface area contributed by atoms with Gasteiger partial charge in [-0.2, -0.15) is 0 Å². The summed E-state index contributed by atoms with van der Waals surface area (Å²) in [5, 5.41) is 11.8. The molecular weight excluding hydrogens is 102 g/mol. The SMILES string of the molecule is CC(C)NC[C@@H](C)O. The second kappa shape index (κ2) is 3.87. The number of hydrogen-bond acceptors (Lipinski definition) is 2. The summed E-state index contributed by atoms with van der Waals surface area (Å²) in [6, 6.07) is 0.476. The van der Waals surface area contributed by atoms with Gasteiger partial charge in [0.2, 0.25) is 0 Å². The van der Waals surface area contributed by atoms with Crippen molar-refractivity contribution in [3.63, 3.8) is 0 Å². The first-order valence-electron chi connectivity index (χ1n) is 3.04. The van der Waals surface area contributed by atoms with Gasteiger partial charge in [-0.1, -0.05) is 13.8 Å². The molecule has 0 spiro atoms. The van der Waals surface area contributed by atoms with Crippen LogP contribution < -0.4 is 5.32 Å². The van der Waals surface area contributed by atoms with Crippen molar-refractivity contribution in [3.05, 3.63) is 0 Å². The molecule has 1 atom stereocenters. The van der Waals surface area contributed by atoms with Crippen molar-refractivity contribution in [2.75, 3.05) is 6.54 Å². The van der Waals surface area contributed by atoms with Gasteiger partial charge >= 0.3 is 0 Å². The summed E-state index contributed by atoms with van der Waals surface area (Å²) in [4.78, 5) is 0. The van der Waals surface area contributed by atoms with Crippen LogP contribution in [0.2, 0.25) is 0 Å². The zero-order chi connectivity index (χ0) is 6.57. The van der Waals surface area contributed by atoms with E-state index in [0.29, 0.717) is 12.6 Å². The predicted molar refractivity (Wildman–Crippen MR) is 34.8 cm³/mol. The van der Waals surface area contributed by atoms with Gasteiger partial charge < -0.3 is 10.4 Å². The van der Waals surface area contributed by atoms with Crippen molar-refractivity contribution in [1.29, 1.82) is 0 Å². The van der Waals surface area contributed by atoms with E-state index in [1.54, 1.807) is 6.92 Å². The summed E-state index contributed by atoms with van der Waals surface area (Å²) in [6.45, 7) is 6.58. The highest BCUT2D eigenvalue weighted by molar-refractivity contribution is 4.55. The van der Waals surface area contributed by atoms with Crippen LogP contribution in [0.15, 0.2) is 0 Å². The summed E-state index contributed by atoms with van der Waals surface area (Å²) >= 11 is 0. The third-order valence-corrected chi connectivity index (χ3v) is 0.822. The van der Waals surface area contributed by atoms with E-state index >= 15 is 0 Å². The fourth-order valence-corrected chi connectivity index (χ4v) is 0.406. The second-order valence-corrected chi connectivity index (χ2v) is 2.41. The largest absolute Gasteiger partial charge is 0.392 e. The molecule has 0 aromatic carbocycles. The van der Waals surface area contributed by atoms with Gasteiger partial charge in [0.05, 0.1) is 6.10 Å². The molecule has 50 valence electrons. The summed E-state index contributed by atoms with van der Waals surface area (Å²) < 4.78 is 0. The zero-order valence-electron chi connectivity index (χ0n) is 5.81. The molecule has 2 heteroatoms. The van der Waals surface area contributed by atoms with Crippen LogP contribution in [0.4, 0.5) is 0 Å². The minimum absolute atomic E-state index is 0.225. The molecule has 0 fully saturated rings. The highest BCUT2D eigenvalue weighted by Gasteiger charge is 1.94. The predicted octanol–water partition coefficient (Wildman–Crippen LogP) is 0.365. The standard InChI is InChI=1S/C6H15NO/c1-5(2)7-4-6(3)8/h5-8H,4H2,1-3H3/t6-/m1/s1. The Bertz CT molecular complexity index is 44.5. The van der Waals surface area contributed by atoms with Crippen molar-refractivity contribution in [1.82, 2.24) is 5.32 Å². The number of aliphatic hydroxyl groups is 1. The van der Waals surface area contributed by atoms with Gasteiger partial charge in [0.15, 0.2) is 0 Å². The Morgan fingerprint density at radius 1 is 1.38 bits per heavy atom. The summed E-state index contributed by atoms with van der Waals surface area (Å²) in [6.07, 6.45) is -0.225. The topological polar surface area (TPSA) is 32.3 Å². The first-order chi connectivity index (χ1) is 3.63. The van der Waals surface area contributed by atoms with Gasteiger partial charge in [0.25, 0.3) is 0 Å². The van der Waals surface area contributed by atoms with Crippen LogP contribution in [-0.2, 0) is 0 Å². The molecule has 0 rings (SSSR count). The average Bonchev–Trinajstić information content (AvgIpc) is 1.61. The zero-order valence-corrected chi connectivity index (χ0v) is 5.81. The van der Waals surface area contributed by atoms with Gasteiger partial charge in [0.1, 0.15) is 0 Å². The lowest BCUT2D eigenvalue weighted by Gasteiger charge is -2.08. The molecule has 0 saturated carbocycles. The molecule has 0 aromatic rings. The molecule has 8 heavy (non-hydrogen) atoms. The molecule has 0 heterocycles. The normalized spacial score (nSPS) is 14.6. The Labute approximate surface area is 50.9 Å². The van der Waals surface area contributed by atoms with E-state index in [4.69, 9.17) is 5.11 Å². The van der Waals surface area contributed by atoms with Crippen LogP contribution in [0.3, 0.4) is 0 Å². The lowest BCUT2D eigenvalue weighted by Crippen LogP contribution is -2.30. The van der Waals surface area contributed by atoms with Crippen molar-refractivity contribution in [2.45, 2.75) is 32.9 Å². The average molecular weight is 117 g/mol. The first-order valence-corrected chi connectivity index (χ1v) is 3.04. The minimum Gasteiger partial charge on any atom is -0.392 e. The highest BCUT2D eigenvalue weighted by Crippen LogP contribution is 1.78. The van der Waals surface area contributed by atoms with Crippen LogP contribution in [0.1, 0.15) is 20.8 Å². The van der Waals surface area contributed by atoms with Crippen molar-refractivity contribution < 1.29 is 5.11 Å². The van der Waals surface area contributed by atoms with Gasteiger partial charge in [-0.3, -0.25) is 0 Å². The molecular formula is C6H15NO. The first kappa shape index (κ1) is 7.92. The lowest BCUT2D eigenvalue weighted by molar-refractivity contribution is 0.188. The van der Waals surface area contributed by atoms with Gasteiger partial charge in [0, 0.05) is 12.6 Å². The molecule has 0 bridgehead atoms. The lowest BCUT2D eigenvalue weighted by atomic mass is 10.3. The van der Waals surface area contributed by atoms with E-state index < -0.39 is 0 Å². The molecule has 0 aliphatic rings. The third kappa shape index (κ3) is 5.92. The molecule has 0 aromatic heterocycles. The number of rotatable bonds is 3. The van der Waals surface area contributed by atoms with Gasteiger partial charge in [-0.05, 0) is 6.92 Å². The number of hydrogen-bond donors (Lipinski definition) is 2. The summed E-state index contributed by atoms with van der Waals surface area (Å²) in [7, 11) is 0. The molecule has 0 aliphatic carbocycles. The third-order valence-electron chi connectivity index (χ3n) is 0.822. The Morgan fingerprint density at radius 3 is 2.00 bits per heavy atom. The minimum atomic E-state index is -0.225. The Morgan fingerprint density at radius 2 is 1.88 bits per heavy atom. The Kier molecular flexibility index (Phi) is 3.83. The van der Waals surface area contributed by atoms with E-state index in [9.17, 15) is 0 Å². The maximum absolute atomic E-state index is 8.74. The maximum Gasteiger partial charge on any atom is 0.0636 e. The van der Waals surface area contributed by atoms with Crippen molar-refractivity contribution in [3.8, 4) is 0 Å². The van der Waals surface area contributed by atoms with Crippen molar-refractivity contribution >= 4 is 0 Å². The van der Waals surface area contributed by atoms with Gasteiger partial charge in [-0.25, -0.2) is 0 Å².